The quantitative estimate of drug-likeness (QED) is 0.791. The van der Waals surface area contributed by atoms with Crippen molar-refractivity contribution in [2.24, 2.45) is 5.92 Å². The van der Waals surface area contributed by atoms with Crippen LogP contribution < -0.4 is 0 Å². The van der Waals surface area contributed by atoms with Gasteiger partial charge in [-0.1, -0.05) is 31.1 Å². The fourth-order valence-corrected chi connectivity index (χ4v) is 3.52. The van der Waals surface area contributed by atoms with E-state index in [1.807, 2.05) is 25.7 Å². The number of rotatable bonds is 5. The molecule has 1 aliphatic heterocycles. The van der Waals surface area contributed by atoms with E-state index < -0.39 is 0 Å². The minimum atomic E-state index is -0.300. The molecule has 6 nitrogen and oxygen atoms in total. The van der Waals surface area contributed by atoms with Gasteiger partial charge in [-0.2, -0.15) is 0 Å². The molecule has 1 atom stereocenters. The number of aryl methyl sites for hydroxylation is 1. The summed E-state index contributed by atoms with van der Waals surface area (Å²) in [6.45, 7) is 7.16. The van der Waals surface area contributed by atoms with Crippen LogP contribution in [0.15, 0.2) is 34.9 Å². The molecule has 0 aliphatic carbocycles. The topological polar surface area (TPSA) is 66.7 Å². The molecule has 28 heavy (non-hydrogen) atoms. The van der Waals surface area contributed by atoms with Crippen LogP contribution in [-0.4, -0.2) is 45.9 Å². The Morgan fingerprint density at radius 1 is 1.32 bits per heavy atom. The van der Waals surface area contributed by atoms with E-state index in [-0.39, 0.29) is 42.4 Å². The SMILES string of the molecule is Cc1cc(CC(=O)N2CCC(=O)N(Cc3ccc(F)cc3)[C@H](C(C)C)C2)on1. The number of carbonyl (C=O) groups is 2. The van der Waals surface area contributed by atoms with Gasteiger partial charge in [-0.3, -0.25) is 9.59 Å². The molecule has 0 saturated carbocycles. The molecule has 0 N–H and O–H groups in total. The van der Waals surface area contributed by atoms with Crippen LogP contribution in [0.2, 0.25) is 0 Å². The maximum Gasteiger partial charge on any atom is 0.230 e. The second-order valence-electron chi connectivity index (χ2n) is 7.66. The van der Waals surface area contributed by atoms with Crippen molar-refractivity contribution in [2.45, 2.75) is 46.2 Å². The first-order valence-electron chi connectivity index (χ1n) is 9.57. The minimum Gasteiger partial charge on any atom is -0.361 e. The van der Waals surface area contributed by atoms with Gasteiger partial charge in [-0.25, -0.2) is 4.39 Å². The second kappa shape index (κ2) is 8.54. The van der Waals surface area contributed by atoms with E-state index in [0.29, 0.717) is 25.4 Å². The molecule has 0 unspecified atom stereocenters. The highest BCUT2D eigenvalue weighted by Gasteiger charge is 2.33. The van der Waals surface area contributed by atoms with Crippen LogP contribution in [0.5, 0.6) is 0 Å². The molecule has 2 heterocycles. The number of aromatic nitrogens is 1. The maximum absolute atomic E-state index is 13.2. The normalized spacial score (nSPS) is 17.9. The molecule has 1 fully saturated rings. The highest BCUT2D eigenvalue weighted by atomic mass is 19.1. The van der Waals surface area contributed by atoms with Crippen molar-refractivity contribution in [2.75, 3.05) is 13.1 Å². The highest BCUT2D eigenvalue weighted by molar-refractivity contribution is 5.81. The summed E-state index contributed by atoms with van der Waals surface area (Å²) in [5.41, 5.74) is 1.61. The molecule has 1 saturated heterocycles. The van der Waals surface area contributed by atoms with Gasteiger partial charge in [0, 0.05) is 32.1 Å². The van der Waals surface area contributed by atoms with Crippen molar-refractivity contribution >= 4 is 11.8 Å². The first-order valence-corrected chi connectivity index (χ1v) is 9.57. The van der Waals surface area contributed by atoms with E-state index in [4.69, 9.17) is 4.52 Å². The molecule has 1 aromatic heterocycles. The third kappa shape index (κ3) is 4.77. The van der Waals surface area contributed by atoms with Crippen molar-refractivity contribution in [3.63, 3.8) is 0 Å². The summed E-state index contributed by atoms with van der Waals surface area (Å²) in [5.74, 6) is 0.338. The Labute approximate surface area is 164 Å². The molecule has 2 aromatic rings. The van der Waals surface area contributed by atoms with Crippen molar-refractivity contribution in [3.8, 4) is 0 Å². The van der Waals surface area contributed by atoms with Gasteiger partial charge >= 0.3 is 0 Å². The van der Waals surface area contributed by atoms with Gasteiger partial charge in [-0.15, -0.1) is 0 Å². The number of hydrogen-bond donors (Lipinski definition) is 0. The zero-order chi connectivity index (χ0) is 20.3. The van der Waals surface area contributed by atoms with E-state index in [0.717, 1.165) is 11.3 Å². The third-order valence-corrected chi connectivity index (χ3v) is 5.11. The molecule has 0 radical (unpaired) electrons. The lowest BCUT2D eigenvalue weighted by atomic mass is 10.0. The second-order valence-corrected chi connectivity index (χ2v) is 7.66. The summed E-state index contributed by atoms with van der Waals surface area (Å²) in [4.78, 5) is 29.2. The predicted octanol–water partition coefficient (Wildman–Crippen LogP) is 2.95. The Morgan fingerprint density at radius 3 is 2.64 bits per heavy atom. The lowest BCUT2D eigenvalue weighted by Crippen LogP contribution is -2.47. The van der Waals surface area contributed by atoms with Crippen molar-refractivity contribution in [3.05, 3.63) is 53.2 Å². The molecular formula is C21H26FN3O3. The molecule has 1 aromatic carbocycles. The smallest absolute Gasteiger partial charge is 0.230 e. The summed E-state index contributed by atoms with van der Waals surface area (Å²) in [6, 6.07) is 7.83. The lowest BCUT2D eigenvalue weighted by molar-refractivity contribution is -0.134. The van der Waals surface area contributed by atoms with Gasteiger partial charge in [0.15, 0.2) is 0 Å². The summed E-state index contributed by atoms with van der Waals surface area (Å²) >= 11 is 0. The monoisotopic (exact) mass is 387 g/mol. The van der Waals surface area contributed by atoms with Gasteiger partial charge in [0.25, 0.3) is 0 Å². The van der Waals surface area contributed by atoms with Crippen molar-refractivity contribution in [1.82, 2.24) is 15.0 Å². The zero-order valence-electron chi connectivity index (χ0n) is 16.5. The largest absolute Gasteiger partial charge is 0.361 e. The number of amides is 2. The van der Waals surface area contributed by atoms with Gasteiger partial charge in [0.05, 0.1) is 18.2 Å². The summed E-state index contributed by atoms with van der Waals surface area (Å²) in [5, 5.41) is 3.82. The van der Waals surface area contributed by atoms with Crippen LogP contribution in [0.25, 0.3) is 0 Å². The van der Waals surface area contributed by atoms with Crippen molar-refractivity contribution < 1.29 is 18.5 Å². The van der Waals surface area contributed by atoms with Crippen molar-refractivity contribution in [1.29, 1.82) is 0 Å². The van der Waals surface area contributed by atoms with Gasteiger partial charge in [0.1, 0.15) is 11.6 Å². The van der Waals surface area contributed by atoms with Gasteiger partial charge in [0.2, 0.25) is 11.8 Å². The zero-order valence-corrected chi connectivity index (χ0v) is 16.5. The minimum absolute atomic E-state index is 0.00818. The first kappa shape index (κ1) is 20.0. The average molecular weight is 387 g/mol. The molecular weight excluding hydrogens is 361 g/mol. The Morgan fingerprint density at radius 2 is 2.04 bits per heavy atom. The summed E-state index contributed by atoms with van der Waals surface area (Å²) < 4.78 is 18.4. The third-order valence-electron chi connectivity index (χ3n) is 5.11. The lowest BCUT2D eigenvalue weighted by Gasteiger charge is -2.34. The number of halogens is 1. The van der Waals surface area contributed by atoms with Crippen LogP contribution in [0.3, 0.4) is 0 Å². The Balaban J connectivity index is 1.75. The first-order chi connectivity index (χ1) is 13.3. The maximum atomic E-state index is 13.2. The van der Waals surface area contributed by atoms with E-state index in [2.05, 4.69) is 5.16 Å². The Hall–Kier alpha value is -2.70. The van der Waals surface area contributed by atoms with Gasteiger partial charge in [-0.05, 0) is 30.5 Å². The van der Waals surface area contributed by atoms with E-state index in [1.54, 1.807) is 23.1 Å². The molecule has 0 bridgehead atoms. The number of hydrogen-bond acceptors (Lipinski definition) is 4. The van der Waals surface area contributed by atoms with E-state index >= 15 is 0 Å². The Kier molecular flexibility index (Phi) is 6.11. The van der Waals surface area contributed by atoms with Crippen LogP contribution in [0, 0.1) is 18.7 Å². The van der Waals surface area contributed by atoms with Crippen LogP contribution in [0.1, 0.15) is 37.3 Å². The molecule has 0 spiro atoms. The van der Waals surface area contributed by atoms with Crippen LogP contribution >= 0.6 is 0 Å². The van der Waals surface area contributed by atoms with E-state index in [1.165, 1.54) is 12.1 Å². The molecule has 1 aliphatic rings. The van der Waals surface area contributed by atoms with Gasteiger partial charge < -0.3 is 14.3 Å². The Bertz CT molecular complexity index is 832. The number of nitrogens with zero attached hydrogens (tertiary/aromatic N) is 3. The predicted molar refractivity (Wildman–Crippen MR) is 102 cm³/mol. The number of carbonyl (C=O) groups excluding carboxylic acids is 2. The molecule has 2 amide bonds. The molecule has 7 heteroatoms. The highest BCUT2D eigenvalue weighted by Crippen LogP contribution is 2.22. The standard InChI is InChI=1S/C21H26FN3O3/c1-14(2)19-13-24(21(27)11-18-10-15(3)23-28-18)9-8-20(26)25(19)12-16-4-6-17(22)7-5-16/h4-7,10,14,19H,8-9,11-13H2,1-3H3/t19-/m0/s1. The fraction of sp³-hybridized carbons (Fsp3) is 0.476. The van der Waals surface area contributed by atoms with E-state index in [9.17, 15) is 14.0 Å². The molecule has 150 valence electrons. The average Bonchev–Trinajstić information content (AvgIpc) is 2.97. The summed E-state index contributed by atoms with van der Waals surface area (Å²) in [7, 11) is 0. The fourth-order valence-electron chi connectivity index (χ4n) is 3.52. The summed E-state index contributed by atoms with van der Waals surface area (Å²) in [6.07, 6.45) is 0.406. The molecule has 3 rings (SSSR count). The van der Waals surface area contributed by atoms with Crippen LogP contribution in [0.4, 0.5) is 4.39 Å². The van der Waals surface area contributed by atoms with Crippen LogP contribution in [-0.2, 0) is 22.6 Å². The number of benzene rings is 1.